The molecule has 24 heavy (non-hydrogen) atoms. The summed E-state index contributed by atoms with van der Waals surface area (Å²) < 4.78 is 10.3. The average molecular weight is 336 g/mol. The van der Waals surface area contributed by atoms with Crippen molar-refractivity contribution < 1.29 is 19.4 Å². The lowest BCUT2D eigenvalue weighted by Crippen LogP contribution is -2.42. The SMILES string of the molecule is COc1ccc(NC2CCC(NC(=O)OC(C)(C)C)CC2)cc1O. The van der Waals surface area contributed by atoms with Crippen molar-refractivity contribution in [2.45, 2.75) is 64.1 Å². The van der Waals surface area contributed by atoms with Gasteiger partial charge in [0.05, 0.1) is 7.11 Å². The Morgan fingerprint density at radius 1 is 1.17 bits per heavy atom. The Morgan fingerprint density at radius 3 is 2.33 bits per heavy atom. The van der Waals surface area contributed by atoms with Gasteiger partial charge >= 0.3 is 6.09 Å². The van der Waals surface area contributed by atoms with Crippen molar-refractivity contribution in [2.75, 3.05) is 12.4 Å². The highest BCUT2D eigenvalue weighted by Gasteiger charge is 2.24. The number of carbonyl (C=O) groups is 1. The molecule has 1 fully saturated rings. The highest BCUT2D eigenvalue weighted by molar-refractivity contribution is 5.68. The van der Waals surface area contributed by atoms with Crippen LogP contribution in [0.5, 0.6) is 11.5 Å². The van der Waals surface area contributed by atoms with Crippen molar-refractivity contribution in [1.29, 1.82) is 0 Å². The highest BCUT2D eigenvalue weighted by atomic mass is 16.6. The largest absolute Gasteiger partial charge is 0.504 e. The van der Waals surface area contributed by atoms with Gasteiger partial charge in [-0.25, -0.2) is 4.79 Å². The fraction of sp³-hybridized carbons (Fsp3) is 0.611. The molecule has 0 bridgehead atoms. The molecule has 1 saturated carbocycles. The van der Waals surface area contributed by atoms with Gasteiger partial charge in [0.2, 0.25) is 0 Å². The van der Waals surface area contributed by atoms with E-state index in [2.05, 4.69) is 10.6 Å². The molecule has 0 aromatic heterocycles. The number of amides is 1. The third-order valence-corrected chi connectivity index (χ3v) is 4.00. The number of hydrogen-bond donors (Lipinski definition) is 3. The van der Waals surface area contributed by atoms with E-state index in [1.807, 2.05) is 26.8 Å². The van der Waals surface area contributed by atoms with E-state index >= 15 is 0 Å². The van der Waals surface area contributed by atoms with E-state index in [0.29, 0.717) is 11.8 Å². The van der Waals surface area contributed by atoms with Crippen LogP contribution in [0.2, 0.25) is 0 Å². The van der Waals surface area contributed by atoms with E-state index in [4.69, 9.17) is 9.47 Å². The molecule has 0 saturated heterocycles. The number of nitrogens with one attached hydrogen (secondary N) is 2. The van der Waals surface area contributed by atoms with Crippen LogP contribution in [0.3, 0.4) is 0 Å². The molecular weight excluding hydrogens is 308 g/mol. The number of anilines is 1. The molecule has 3 N–H and O–H groups in total. The number of methoxy groups -OCH3 is 1. The molecule has 1 aliphatic rings. The number of phenols is 1. The topological polar surface area (TPSA) is 79.8 Å². The van der Waals surface area contributed by atoms with Crippen LogP contribution in [0.15, 0.2) is 18.2 Å². The molecule has 6 nitrogen and oxygen atoms in total. The predicted octanol–water partition coefficient (Wildman–Crippen LogP) is 3.65. The zero-order chi connectivity index (χ0) is 17.7. The first kappa shape index (κ1) is 18.2. The zero-order valence-corrected chi connectivity index (χ0v) is 14.9. The molecule has 1 aromatic carbocycles. The summed E-state index contributed by atoms with van der Waals surface area (Å²) in [6.45, 7) is 5.58. The van der Waals surface area contributed by atoms with Crippen LogP contribution in [-0.4, -0.2) is 36.0 Å². The second kappa shape index (κ2) is 7.64. The maximum Gasteiger partial charge on any atom is 0.407 e. The summed E-state index contributed by atoms with van der Waals surface area (Å²) in [6, 6.07) is 5.79. The predicted molar refractivity (Wildman–Crippen MR) is 93.7 cm³/mol. The molecule has 1 aliphatic carbocycles. The summed E-state index contributed by atoms with van der Waals surface area (Å²) in [5.41, 5.74) is 0.399. The van der Waals surface area contributed by atoms with Gasteiger partial charge in [0, 0.05) is 23.8 Å². The number of phenolic OH excluding ortho intramolecular Hbond substituents is 1. The van der Waals surface area contributed by atoms with E-state index in [9.17, 15) is 9.90 Å². The lowest BCUT2D eigenvalue weighted by Gasteiger charge is -2.31. The molecule has 6 heteroatoms. The third kappa shape index (κ3) is 5.51. The number of hydrogen-bond acceptors (Lipinski definition) is 5. The summed E-state index contributed by atoms with van der Waals surface area (Å²) in [7, 11) is 1.53. The highest BCUT2D eigenvalue weighted by Crippen LogP contribution is 2.30. The van der Waals surface area contributed by atoms with Gasteiger partial charge in [0.25, 0.3) is 0 Å². The molecule has 2 rings (SSSR count). The summed E-state index contributed by atoms with van der Waals surface area (Å²) >= 11 is 0. The van der Waals surface area contributed by atoms with Gasteiger partial charge < -0.3 is 25.2 Å². The minimum absolute atomic E-state index is 0.128. The van der Waals surface area contributed by atoms with E-state index < -0.39 is 5.60 Å². The molecule has 0 heterocycles. The summed E-state index contributed by atoms with van der Waals surface area (Å²) in [4.78, 5) is 11.8. The molecule has 1 aromatic rings. The lowest BCUT2D eigenvalue weighted by molar-refractivity contribution is 0.0492. The Balaban J connectivity index is 1.78. The van der Waals surface area contributed by atoms with Crippen LogP contribution in [0.25, 0.3) is 0 Å². The van der Waals surface area contributed by atoms with Crippen molar-refractivity contribution in [3.63, 3.8) is 0 Å². The van der Waals surface area contributed by atoms with Crippen LogP contribution in [0.4, 0.5) is 10.5 Å². The number of rotatable bonds is 4. The summed E-state index contributed by atoms with van der Waals surface area (Å²) in [5.74, 6) is 0.591. The van der Waals surface area contributed by atoms with Crippen molar-refractivity contribution in [1.82, 2.24) is 5.32 Å². The smallest absolute Gasteiger partial charge is 0.407 e. The number of alkyl carbamates (subject to hydrolysis) is 1. The summed E-state index contributed by atoms with van der Waals surface area (Å²) in [6.07, 6.45) is 3.36. The van der Waals surface area contributed by atoms with Gasteiger partial charge in [-0.3, -0.25) is 0 Å². The first-order valence-corrected chi connectivity index (χ1v) is 8.40. The monoisotopic (exact) mass is 336 g/mol. The van der Waals surface area contributed by atoms with Crippen molar-refractivity contribution in [2.24, 2.45) is 0 Å². The van der Waals surface area contributed by atoms with E-state index in [0.717, 1.165) is 31.4 Å². The molecule has 0 radical (unpaired) electrons. The van der Waals surface area contributed by atoms with Crippen LogP contribution in [0, 0.1) is 0 Å². The van der Waals surface area contributed by atoms with Gasteiger partial charge in [-0.2, -0.15) is 0 Å². The van der Waals surface area contributed by atoms with Crippen LogP contribution in [0.1, 0.15) is 46.5 Å². The average Bonchev–Trinajstić information content (AvgIpc) is 2.47. The molecule has 134 valence electrons. The number of carbonyl (C=O) groups excluding carboxylic acids is 1. The fourth-order valence-electron chi connectivity index (χ4n) is 2.87. The van der Waals surface area contributed by atoms with E-state index in [1.165, 1.54) is 7.11 Å². The Kier molecular flexibility index (Phi) is 5.80. The Hall–Kier alpha value is -2.11. The van der Waals surface area contributed by atoms with E-state index in [-0.39, 0.29) is 17.9 Å². The maximum absolute atomic E-state index is 11.8. The standard InChI is InChI=1S/C18H28N2O4/c1-18(2,3)24-17(22)20-13-7-5-12(6-8-13)19-14-9-10-16(23-4)15(21)11-14/h9-13,19,21H,5-8H2,1-4H3,(H,20,22). The summed E-state index contributed by atoms with van der Waals surface area (Å²) in [5, 5.41) is 16.2. The normalized spacial score (nSPS) is 21.0. The van der Waals surface area contributed by atoms with E-state index in [1.54, 1.807) is 12.1 Å². The lowest BCUT2D eigenvalue weighted by atomic mass is 9.91. The van der Waals surface area contributed by atoms with Crippen molar-refractivity contribution in [3.8, 4) is 11.5 Å². The minimum Gasteiger partial charge on any atom is -0.504 e. The van der Waals surface area contributed by atoms with Crippen LogP contribution < -0.4 is 15.4 Å². The van der Waals surface area contributed by atoms with Gasteiger partial charge in [-0.15, -0.1) is 0 Å². The third-order valence-electron chi connectivity index (χ3n) is 4.00. The van der Waals surface area contributed by atoms with Crippen molar-refractivity contribution in [3.05, 3.63) is 18.2 Å². The quantitative estimate of drug-likeness (QED) is 0.782. The minimum atomic E-state index is -0.473. The molecular formula is C18H28N2O4. The van der Waals surface area contributed by atoms with Crippen LogP contribution >= 0.6 is 0 Å². The van der Waals surface area contributed by atoms with Gasteiger partial charge in [0.15, 0.2) is 11.5 Å². The van der Waals surface area contributed by atoms with Gasteiger partial charge in [0.1, 0.15) is 5.60 Å². The molecule has 0 atom stereocenters. The molecule has 1 amide bonds. The van der Waals surface area contributed by atoms with Crippen LogP contribution in [-0.2, 0) is 4.74 Å². The maximum atomic E-state index is 11.8. The second-order valence-electron chi connectivity index (χ2n) is 7.23. The Labute approximate surface area is 143 Å². The fourth-order valence-corrected chi connectivity index (χ4v) is 2.87. The van der Waals surface area contributed by atoms with Gasteiger partial charge in [-0.1, -0.05) is 0 Å². The molecule has 0 unspecified atom stereocenters. The molecule has 0 aliphatic heterocycles. The Morgan fingerprint density at radius 2 is 1.79 bits per heavy atom. The first-order chi connectivity index (χ1) is 11.3. The second-order valence-corrected chi connectivity index (χ2v) is 7.23. The first-order valence-electron chi connectivity index (χ1n) is 8.40. The van der Waals surface area contributed by atoms with Gasteiger partial charge in [-0.05, 0) is 58.6 Å². The number of ether oxygens (including phenoxy) is 2. The number of benzene rings is 1. The zero-order valence-electron chi connectivity index (χ0n) is 14.9. The van der Waals surface area contributed by atoms with Crippen molar-refractivity contribution >= 4 is 11.8 Å². The molecule has 0 spiro atoms. The number of aromatic hydroxyl groups is 1. The Bertz CT molecular complexity index is 561.